The second-order valence-electron chi connectivity index (χ2n) is 5.08. The number of morpholine rings is 1. The Bertz CT molecular complexity index is 487. The molecule has 0 radical (unpaired) electrons. The molecule has 1 atom stereocenters. The van der Waals surface area contributed by atoms with Gasteiger partial charge < -0.3 is 4.74 Å². The third kappa shape index (κ3) is 3.22. The van der Waals surface area contributed by atoms with Gasteiger partial charge in [-0.05, 0) is 13.0 Å². The number of aromatic nitrogens is 2. The normalized spacial score (nSPS) is 20.3. The van der Waals surface area contributed by atoms with Gasteiger partial charge in [-0.3, -0.25) is 14.4 Å². The van der Waals surface area contributed by atoms with Gasteiger partial charge in [-0.2, -0.15) is 5.10 Å². The molecule has 6 heteroatoms. The van der Waals surface area contributed by atoms with E-state index in [1.807, 2.05) is 14.0 Å². The largest absolute Gasteiger partial charge is 0.368 e. The average Bonchev–Trinajstić information content (AvgIpc) is 2.74. The number of hydrogen-bond acceptors (Lipinski definition) is 4. The third-order valence-corrected chi connectivity index (χ3v) is 4.24. The lowest BCUT2D eigenvalue weighted by Crippen LogP contribution is -2.46. The van der Waals surface area contributed by atoms with Crippen molar-refractivity contribution in [3.63, 3.8) is 0 Å². The van der Waals surface area contributed by atoms with E-state index in [-0.39, 0.29) is 18.3 Å². The number of halogens is 1. The molecule has 0 aliphatic carbocycles. The highest BCUT2D eigenvalue weighted by Gasteiger charge is 2.27. The van der Waals surface area contributed by atoms with Crippen LogP contribution >= 0.6 is 11.6 Å². The minimum Gasteiger partial charge on any atom is -0.368 e. The van der Waals surface area contributed by atoms with Gasteiger partial charge >= 0.3 is 0 Å². The molecular weight excluding hydrogens is 278 g/mol. The van der Waals surface area contributed by atoms with Crippen molar-refractivity contribution >= 4 is 17.4 Å². The summed E-state index contributed by atoms with van der Waals surface area (Å²) >= 11 is 6.28. The Hall–Kier alpha value is -0.910. The van der Waals surface area contributed by atoms with Crippen LogP contribution in [0.15, 0.2) is 0 Å². The summed E-state index contributed by atoms with van der Waals surface area (Å²) in [6.45, 7) is 7.23. The Morgan fingerprint density at radius 3 is 2.85 bits per heavy atom. The molecule has 1 aliphatic heterocycles. The molecule has 1 unspecified atom stereocenters. The predicted octanol–water partition coefficient (Wildman–Crippen LogP) is 1.47. The van der Waals surface area contributed by atoms with E-state index in [4.69, 9.17) is 16.3 Å². The van der Waals surface area contributed by atoms with Crippen molar-refractivity contribution in [3.8, 4) is 0 Å². The molecule has 1 aromatic rings. The first-order chi connectivity index (χ1) is 9.56. The van der Waals surface area contributed by atoms with Crippen molar-refractivity contribution in [3.05, 3.63) is 16.4 Å². The van der Waals surface area contributed by atoms with E-state index in [0.29, 0.717) is 18.2 Å². The van der Waals surface area contributed by atoms with Gasteiger partial charge in [0.1, 0.15) is 6.10 Å². The van der Waals surface area contributed by atoms with Crippen molar-refractivity contribution in [1.82, 2.24) is 14.7 Å². The van der Waals surface area contributed by atoms with Crippen LogP contribution in [0.1, 0.15) is 25.2 Å². The van der Waals surface area contributed by atoms with Crippen LogP contribution in [-0.2, 0) is 29.4 Å². The summed E-state index contributed by atoms with van der Waals surface area (Å²) in [4.78, 5) is 14.6. The number of ether oxygens (including phenoxy) is 1. The first-order valence-corrected chi connectivity index (χ1v) is 7.51. The maximum atomic E-state index is 12.4. The predicted molar refractivity (Wildman–Crippen MR) is 78.2 cm³/mol. The van der Waals surface area contributed by atoms with E-state index in [0.717, 1.165) is 30.9 Å². The van der Waals surface area contributed by atoms with Gasteiger partial charge in [0.2, 0.25) is 0 Å². The van der Waals surface area contributed by atoms with Crippen molar-refractivity contribution in [2.24, 2.45) is 7.05 Å². The number of carbonyl (C=O) groups is 1. The molecule has 2 rings (SSSR count). The molecule has 0 aromatic carbocycles. The summed E-state index contributed by atoms with van der Waals surface area (Å²) in [6.07, 6.45) is 0.703. The number of ketones is 1. The second kappa shape index (κ2) is 6.70. The molecule has 0 saturated carbocycles. The SMILES string of the molecule is CCc1nn(C)c(CC(=O)C2CN(CC)CCO2)c1Cl. The molecule has 112 valence electrons. The second-order valence-corrected chi connectivity index (χ2v) is 5.46. The van der Waals surface area contributed by atoms with Crippen LogP contribution in [0.2, 0.25) is 5.02 Å². The minimum atomic E-state index is -0.347. The van der Waals surface area contributed by atoms with Gasteiger partial charge in [0.25, 0.3) is 0 Å². The fraction of sp³-hybridized carbons (Fsp3) is 0.714. The number of hydrogen-bond donors (Lipinski definition) is 0. The van der Waals surface area contributed by atoms with E-state index in [1.54, 1.807) is 4.68 Å². The minimum absolute atomic E-state index is 0.0794. The summed E-state index contributed by atoms with van der Waals surface area (Å²) < 4.78 is 7.30. The zero-order valence-corrected chi connectivity index (χ0v) is 13.1. The summed E-state index contributed by atoms with van der Waals surface area (Å²) in [5, 5.41) is 4.96. The lowest BCUT2D eigenvalue weighted by atomic mass is 10.1. The lowest BCUT2D eigenvalue weighted by molar-refractivity contribution is -0.135. The van der Waals surface area contributed by atoms with Crippen LogP contribution in [0.3, 0.4) is 0 Å². The number of likely N-dealkylation sites (N-methyl/N-ethyl adjacent to an activating group) is 1. The number of nitrogens with zero attached hydrogens (tertiary/aromatic N) is 3. The maximum Gasteiger partial charge on any atom is 0.168 e. The number of aryl methyl sites for hydroxylation is 2. The molecule has 1 fully saturated rings. The monoisotopic (exact) mass is 299 g/mol. The fourth-order valence-corrected chi connectivity index (χ4v) is 2.84. The maximum absolute atomic E-state index is 12.4. The van der Waals surface area contributed by atoms with Crippen LogP contribution < -0.4 is 0 Å². The highest BCUT2D eigenvalue weighted by atomic mass is 35.5. The van der Waals surface area contributed by atoms with E-state index >= 15 is 0 Å². The number of carbonyl (C=O) groups excluding carboxylic acids is 1. The molecular formula is C14H22ClN3O2. The Labute approximate surface area is 124 Å². The van der Waals surface area contributed by atoms with Crippen molar-refractivity contribution < 1.29 is 9.53 Å². The van der Waals surface area contributed by atoms with Gasteiger partial charge in [-0.1, -0.05) is 25.4 Å². The van der Waals surface area contributed by atoms with Crippen LogP contribution in [0.4, 0.5) is 0 Å². The molecule has 0 bridgehead atoms. The highest BCUT2D eigenvalue weighted by Crippen LogP contribution is 2.22. The Morgan fingerprint density at radius 1 is 1.50 bits per heavy atom. The van der Waals surface area contributed by atoms with Crippen LogP contribution in [0.25, 0.3) is 0 Å². The summed E-state index contributed by atoms with van der Waals surface area (Å²) in [5.41, 5.74) is 1.63. The molecule has 1 aliphatic rings. The average molecular weight is 300 g/mol. The van der Waals surface area contributed by atoms with Crippen molar-refractivity contribution in [2.75, 3.05) is 26.2 Å². The van der Waals surface area contributed by atoms with Gasteiger partial charge in [-0.25, -0.2) is 0 Å². The third-order valence-electron chi connectivity index (χ3n) is 3.80. The standard InChI is InChI=1S/C14H22ClN3O2/c1-4-10-14(15)11(17(3)16-10)8-12(19)13-9-18(5-2)6-7-20-13/h13H,4-9H2,1-3H3. The van der Waals surface area contributed by atoms with E-state index < -0.39 is 0 Å². The summed E-state index contributed by atoms with van der Waals surface area (Å²) in [5.74, 6) is 0.0794. The van der Waals surface area contributed by atoms with Crippen LogP contribution in [0, 0.1) is 0 Å². The first kappa shape index (κ1) is 15.5. The number of rotatable bonds is 5. The van der Waals surface area contributed by atoms with E-state index in [1.165, 1.54) is 0 Å². The Morgan fingerprint density at radius 2 is 2.25 bits per heavy atom. The molecule has 5 nitrogen and oxygen atoms in total. The molecule has 1 aromatic heterocycles. The summed E-state index contributed by atoms with van der Waals surface area (Å²) in [6, 6.07) is 0. The van der Waals surface area contributed by atoms with E-state index in [9.17, 15) is 4.79 Å². The molecule has 0 amide bonds. The lowest BCUT2D eigenvalue weighted by Gasteiger charge is -2.31. The topological polar surface area (TPSA) is 47.4 Å². The quantitative estimate of drug-likeness (QED) is 0.826. The Kier molecular flexibility index (Phi) is 5.18. The zero-order valence-electron chi connectivity index (χ0n) is 12.4. The molecule has 0 spiro atoms. The van der Waals surface area contributed by atoms with Crippen LogP contribution in [0.5, 0.6) is 0 Å². The molecule has 1 saturated heterocycles. The summed E-state index contributed by atoms with van der Waals surface area (Å²) in [7, 11) is 1.83. The first-order valence-electron chi connectivity index (χ1n) is 7.13. The molecule has 20 heavy (non-hydrogen) atoms. The zero-order chi connectivity index (χ0) is 14.7. The number of Topliss-reactive ketones (excluding diaryl/α,β-unsaturated/α-hetero) is 1. The van der Waals surface area contributed by atoms with Gasteiger partial charge in [0.05, 0.1) is 29.4 Å². The Balaban J connectivity index is 2.06. The molecule has 2 heterocycles. The highest BCUT2D eigenvalue weighted by molar-refractivity contribution is 6.32. The van der Waals surface area contributed by atoms with Crippen molar-refractivity contribution in [2.45, 2.75) is 32.8 Å². The van der Waals surface area contributed by atoms with E-state index in [2.05, 4.69) is 16.9 Å². The van der Waals surface area contributed by atoms with Gasteiger partial charge in [-0.15, -0.1) is 0 Å². The van der Waals surface area contributed by atoms with Gasteiger partial charge in [0, 0.05) is 20.1 Å². The fourth-order valence-electron chi connectivity index (χ4n) is 2.48. The van der Waals surface area contributed by atoms with Crippen LogP contribution in [-0.4, -0.2) is 52.8 Å². The smallest absolute Gasteiger partial charge is 0.168 e. The van der Waals surface area contributed by atoms with Gasteiger partial charge in [0.15, 0.2) is 5.78 Å². The van der Waals surface area contributed by atoms with Crippen molar-refractivity contribution in [1.29, 1.82) is 0 Å². The molecule has 0 N–H and O–H groups in total.